The molecule has 0 radical (unpaired) electrons. The van der Waals surface area contributed by atoms with Crippen molar-refractivity contribution in [1.29, 1.82) is 0 Å². The monoisotopic (exact) mass is 340 g/mol. The standard InChI is InChI=1S/C18H32N2O2S/c1-13(2)15-12-19(9-10-23-15)16(21)14-7-6-8-20(11-14)17(22)18(3,4)5/h13-15H,6-12H2,1-5H3/t14-,15+/m0/s1. The Hall–Kier alpha value is -0.710. The van der Waals surface area contributed by atoms with E-state index in [9.17, 15) is 9.59 Å². The number of rotatable bonds is 2. The lowest BCUT2D eigenvalue weighted by Crippen LogP contribution is -2.52. The molecule has 0 aliphatic carbocycles. The molecule has 0 aromatic heterocycles. The summed E-state index contributed by atoms with van der Waals surface area (Å²) in [5.41, 5.74) is -0.366. The normalized spacial score (nSPS) is 26.5. The van der Waals surface area contributed by atoms with Crippen molar-refractivity contribution in [2.24, 2.45) is 17.3 Å². The summed E-state index contributed by atoms with van der Waals surface area (Å²) in [6.07, 6.45) is 1.86. The highest BCUT2D eigenvalue weighted by Gasteiger charge is 2.36. The van der Waals surface area contributed by atoms with Gasteiger partial charge in [-0.3, -0.25) is 9.59 Å². The van der Waals surface area contributed by atoms with E-state index in [1.165, 1.54) is 0 Å². The van der Waals surface area contributed by atoms with Crippen molar-refractivity contribution in [3.05, 3.63) is 0 Å². The van der Waals surface area contributed by atoms with Gasteiger partial charge in [0, 0.05) is 42.6 Å². The second-order valence-electron chi connectivity index (χ2n) is 8.28. The molecule has 2 amide bonds. The van der Waals surface area contributed by atoms with Gasteiger partial charge in [-0.1, -0.05) is 34.6 Å². The van der Waals surface area contributed by atoms with Crippen LogP contribution < -0.4 is 0 Å². The molecule has 2 aliphatic heterocycles. The third kappa shape index (κ3) is 4.65. The topological polar surface area (TPSA) is 40.6 Å². The minimum Gasteiger partial charge on any atom is -0.341 e. The van der Waals surface area contributed by atoms with Gasteiger partial charge in [0.15, 0.2) is 0 Å². The first kappa shape index (κ1) is 18.6. The molecule has 0 aromatic carbocycles. The fourth-order valence-corrected chi connectivity index (χ4v) is 4.67. The average molecular weight is 341 g/mol. The molecule has 0 unspecified atom stereocenters. The van der Waals surface area contributed by atoms with E-state index in [1.54, 1.807) is 0 Å². The van der Waals surface area contributed by atoms with Gasteiger partial charge in [0.05, 0.1) is 5.92 Å². The van der Waals surface area contributed by atoms with Crippen LogP contribution in [0.5, 0.6) is 0 Å². The summed E-state index contributed by atoms with van der Waals surface area (Å²) in [4.78, 5) is 29.4. The summed E-state index contributed by atoms with van der Waals surface area (Å²) < 4.78 is 0. The number of piperidine rings is 1. The van der Waals surface area contributed by atoms with Crippen LogP contribution in [0.15, 0.2) is 0 Å². The second kappa shape index (κ2) is 7.45. The van der Waals surface area contributed by atoms with Crippen LogP contribution in [0.2, 0.25) is 0 Å². The maximum atomic E-state index is 12.9. The zero-order chi connectivity index (χ0) is 17.2. The Labute approximate surface area is 145 Å². The lowest BCUT2D eigenvalue weighted by Gasteiger charge is -2.40. The van der Waals surface area contributed by atoms with E-state index in [0.717, 1.165) is 38.2 Å². The molecule has 2 atom stereocenters. The minimum atomic E-state index is -0.366. The largest absolute Gasteiger partial charge is 0.341 e. The minimum absolute atomic E-state index is 0.00837. The van der Waals surface area contributed by atoms with Crippen LogP contribution in [-0.2, 0) is 9.59 Å². The number of carbonyl (C=O) groups is 2. The SMILES string of the molecule is CC(C)[C@H]1CN(C(=O)[C@H]2CCCN(C(=O)C(C)(C)C)C2)CCS1. The van der Waals surface area contributed by atoms with Gasteiger partial charge in [0.2, 0.25) is 11.8 Å². The Bertz CT molecular complexity index is 445. The predicted molar refractivity (Wildman–Crippen MR) is 96.4 cm³/mol. The Balaban J connectivity index is 1.98. The van der Waals surface area contributed by atoms with Crippen LogP contribution in [0.1, 0.15) is 47.5 Å². The van der Waals surface area contributed by atoms with Gasteiger partial charge in [-0.05, 0) is 18.8 Å². The van der Waals surface area contributed by atoms with Gasteiger partial charge in [0.25, 0.3) is 0 Å². The Morgan fingerprint density at radius 2 is 1.78 bits per heavy atom. The molecule has 0 aromatic rings. The van der Waals surface area contributed by atoms with Crippen LogP contribution in [0.3, 0.4) is 0 Å². The van der Waals surface area contributed by atoms with Crippen LogP contribution >= 0.6 is 11.8 Å². The summed E-state index contributed by atoms with van der Waals surface area (Å²) in [5, 5.41) is 0.545. The first-order valence-electron chi connectivity index (χ1n) is 8.90. The summed E-state index contributed by atoms with van der Waals surface area (Å²) in [6, 6.07) is 0. The molecule has 2 aliphatic rings. The number of nitrogens with zero attached hydrogens (tertiary/aromatic N) is 2. The van der Waals surface area contributed by atoms with Crippen LogP contribution in [0, 0.1) is 17.3 Å². The van der Waals surface area contributed by atoms with Gasteiger partial charge in [-0.15, -0.1) is 0 Å². The average Bonchev–Trinajstić information content (AvgIpc) is 2.52. The maximum Gasteiger partial charge on any atom is 0.227 e. The zero-order valence-corrected chi connectivity index (χ0v) is 16.1. The highest BCUT2D eigenvalue weighted by atomic mass is 32.2. The number of thioether (sulfide) groups is 1. The van der Waals surface area contributed by atoms with Crippen molar-refractivity contribution in [2.75, 3.05) is 31.9 Å². The van der Waals surface area contributed by atoms with Crippen molar-refractivity contribution >= 4 is 23.6 Å². The van der Waals surface area contributed by atoms with Crippen LogP contribution in [0.4, 0.5) is 0 Å². The lowest BCUT2D eigenvalue weighted by atomic mass is 9.90. The fraction of sp³-hybridized carbons (Fsp3) is 0.889. The molecule has 4 nitrogen and oxygen atoms in total. The van der Waals surface area contributed by atoms with Crippen molar-refractivity contribution < 1.29 is 9.59 Å². The van der Waals surface area contributed by atoms with E-state index >= 15 is 0 Å². The Morgan fingerprint density at radius 1 is 1.09 bits per heavy atom. The molecule has 2 heterocycles. The smallest absolute Gasteiger partial charge is 0.227 e. The first-order chi connectivity index (χ1) is 10.7. The molecule has 132 valence electrons. The lowest BCUT2D eigenvalue weighted by molar-refractivity contribution is -0.145. The Kier molecular flexibility index (Phi) is 6.04. The van der Waals surface area contributed by atoms with Crippen molar-refractivity contribution in [3.8, 4) is 0 Å². The quantitative estimate of drug-likeness (QED) is 0.776. The molecule has 2 rings (SSSR count). The molecular formula is C18H32N2O2S. The van der Waals surface area contributed by atoms with Crippen molar-refractivity contribution in [3.63, 3.8) is 0 Å². The van der Waals surface area contributed by atoms with Crippen LogP contribution in [-0.4, -0.2) is 58.8 Å². The zero-order valence-electron chi connectivity index (χ0n) is 15.3. The molecule has 0 bridgehead atoms. The Morgan fingerprint density at radius 3 is 2.39 bits per heavy atom. The van der Waals surface area contributed by atoms with Gasteiger partial charge in [-0.2, -0.15) is 11.8 Å². The highest BCUT2D eigenvalue weighted by Crippen LogP contribution is 2.28. The van der Waals surface area contributed by atoms with E-state index in [0.29, 0.717) is 17.7 Å². The highest BCUT2D eigenvalue weighted by molar-refractivity contribution is 8.00. The van der Waals surface area contributed by atoms with E-state index < -0.39 is 0 Å². The molecule has 23 heavy (non-hydrogen) atoms. The predicted octanol–water partition coefficient (Wildman–Crippen LogP) is 2.87. The summed E-state index contributed by atoms with van der Waals surface area (Å²) in [7, 11) is 0. The number of amides is 2. The summed E-state index contributed by atoms with van der Waals surface area (Å²) in [6.45, 7) is 13.4. The molecule has 0 N–H and O–H groups in total. The van der Waals surface area contributed by atoms with Gasteiger partial charge >= 0.3 is 0 Å². The van der Waals surface area contributed by atoms with Crippen molar-refractivity contribution in [2.45, 2.75) is 52.7 Å². The number of hydrogen-bond donors (Lipinski definition) is 0. The van der Waals surface area contributed by atoms with E-state index in [-0.39, 0.29) is 23.1 Å². The summed E-state index contributed by atoms with van der Waals surface area (Å²) in [5.74, 6) is 2.06. The molecule has 5 heteroatoms. The second-order valence-corrected chi connectivity index (χ2v) is 9.62. The van der Waals surface area contributed by atoms with Crippen LogP contribution in [0.25, 0.3) is 0 Å². The van der Waals surface area contributed by atoms with E-state index in [1.807, 2.05) is 37.4 Å². The molecular weight excluding hydrogens is 308 g/mol. The third-order valence-electron chi connectivity index (χ3n) is 4.85. The van der Waals surface area contributed by atoms with Gasteiger partial charge in [-0.25, -0.2) is 0 Å². The maximum absolute atomic E-state index is 12.9. The molecule has 2 saturated heterocycles. The first-order valence-corrected chi connectivity index (χ1v) is 9.94. The van der Waals surface area contributed by atoms with E-state index in [2.05, 4.69) is 18.7 Å². The van der Waals surface area contributed by atoms with Gasteiger partial charge in [0.1, 0.15) is 0 Å². The molecule has 0 saturated carbocycles. The fourth-order valence-electron chi connectivity index (χ4n) is 3.37. The number of hydrogen-bond acceptors (Lipinski definition) is 3. The number of likely N-dealkylation sites (tertiary alicyclic amines) is 1. The number of carbonyl (C=O) groups excluding carboxylic acids is 2. The molecule has 2 fully saturated rings. The van der Waals surface area contributed by atoms with Gasteiger partial charge < -0.3 is 9.80 Å². The summed E-state index contributed by atoms with van der Waals surface area (Å²) >= 11 is 1.99. The van der Waals surface area contributed by atoms with E-state index in [4.69, 9.17) is 0 Å². The third-order valence-corrected chi connectivity index (χ3v) is 6.39. The van der Waals surface area contributed by atoms with Crippen molar-refractivity contribution in [1.82, 2.24) is 9.80 Å². The molecule has 0 spiro atoms.